The Morgan fingerprint density at radius 2 is 2.18 bits per heavy atom. The molecule has 0 amide bonds. The highest BCUT2D eigenvalue weighted by Crippen LogP contribution is 2.25. The normalized spacial score (nSPS) is 12.7. The zero-order chi connectivity index (χ0) is 12.4. The molecule has 1 atom stereocenters. The van der Waals surface area contributed by atoms with Crippen LogP contribution in [0.3, 0.4) is 0 Å². The topological polar surface area (TPSA) is 29.9 Å². The number of halogens is 1. The quantitative estimate of drug-likeness (QED) is 0.942. The molecular weight excluding hydrogens is 278 g/mol. The molecule has 2 rings (SSSR count). The maximum absolute atomic E-state index is 4.37. The molecule has 90 valence electrons. The molecule has 1 aromatic heterocycles. The molecule has 0 aliphatic heterocycles. The van der Waals surface area contributed by atoms with Crippen molar-refractivity contribution in [2.45, 2.75) is 19.9 Å². The minimum atomic E-state index is 0.294. The van der Waals surface area contributed by atoms with E-state index in [0.29, 0.717) is 6.04 Å². The Bertz CT molecular complexity index is 519. The fourth-order valence-electron chi connectivity index (χ4n) is 1.78. The van der Waals surface area contributed by atoms with Gasteiger partial charge in [0.15, 0.2) is 0 Å². The van der Waals surface area contributed by atoms with Crippen LogP contribution in [0.15, 0.2) is 35.1 Å². The van der Waals surface area contributed by atoms with Crippen molar-refractivity contribution in [3.05, 3.63) is 46.2 Å². The summed E-state index contributed by atoms with van der Waals surface area (Å²) >= 11 is 3.51. The van der Waals surface area contributed by atoms with Crippen LogP contribution in [-0.2, 0) is 0 Å². The second-order valence-corrected chi connectivity index (χ2v) is 5.09. The number of benzene rings is 1. The second-order valence-electron chi connectivity index (χ2n) is 4.18. The number of hydrogen-bond acceptors (Lipinski definition) is 2. The van der Waals surface area contributed by atoms with Gasteiger partial charge in [-0.15, -0.1) is 0 Å². The van der Waals surface area contributed by atoms with E-state index in [0.717, 1.165) is 15.7 Å². The van der Waals surface area contributed by atoms with Gasteiger partial charge in [0, 0.05) is 16.7 Å². The third-order valence-electron chi connectivity index (χ3n) is 2.85. The summed E-state index contributed by atoms with van der Waals surface area (Å²) in [5.74, 6) is 0. The van der Waals surface area contributed by atoms with Gasteiger partial charge in [-0.3, -0.25) is 0 Å². The molecule has 1 N–H and O–H groups in total. The summed E-state index contributed by atoms with van der Waals surface area (Å²) in [6, 6.07) is 6.57. The van der Waals surface area contributed by atoms with Crippen LogP contribution in [0.1, 0.15) is 24.1 Å². The Hall–Kier alpha value is -1.13. The zero-order valence-corrected chi connectivity index (χ0v) is 11.8. The molecule has 1 heterocycles. The van der Waals surface area contributed by atoms with Crippen molar-refractivity contribution in [2.24, 2.45) is 0 Å². The van der Waals surface area contributed by atoms with E-state index in [1.54, 1.807) is 0 Å². The molecular formula is C13H16BrN3. The van der Waals surface area contributed by atoms with Crippen molar-refractivity contribution in [1.82, 2.24) is 15.1 Å². The lowest BCUT2D eigenvalue weighted by molar-refractivity contribution is 0.644. The van der Waals surface area contributed by atoms with Crippen LogP contribution in [0.25, 0.3) is 5.69 Å². The van der Waals surface area contributed by atoms with E-state index < -0.39 is 0 Å². The number of hydrogen-bond donors (Lipinski definition) is 1. The third kappa shape index (κ3) is 2.58. The third-order valence-corrected chi connectivity index (χ3v) is 3.34. The van der Waals surface area contributed by atoms with Gasteiger partial charge in [-0.2, -0.15) is 5.10 Å². The van der Waals surface area contributed by atoms with Gasteiger partial charge >= 0.3 is 0 Å². The molecule has 0 bridgehead atoms. The number of nitrogens with zero attached hydrogens (tertiary/aromatic N) is 2. The second kappa shape index (κ2) is 5.02. The van der Waals surface area contributed by atoms with E-state index >= 15 is 0 Å². The number of aryl methyl sites for hydroxylation is 1. The molecule has 0 fully saturated rings. The average Bonchev–Trinajstić information content (AvgIpc) is 2.75. The van der Waals surface area contributed by atoms with E-state index in [1.165, 1.54) is 5.56 Å². The predicted octanol–water partition coefficient (Wildman–Crippen LogP) is 3.22. The first-order valence-corrected chi connectivity index (χ1v) is 6.39. The summed E-state index contributed by atoms with van der Waals surface area (Å²) in [5.41, 5.74) is 3.50. The van der Waals surface area contributed by atoms with Gasteiger partial charge in [0.2, 0.25) is 0 Å². The van der Waals surface area contributed by atoms with Gasteiger partial charge in [-0.1, -0.05) is 22.0 Å². The van der Waals surface area contributed by atoms with E-state index in [1.807, 2.05) is 31.0 Å². The molecule has 1 aromatic carbocycles. The Labute approximate surface area is 110 Å². The summed E-state index contributed by atoms with van der Waals surface area (Å²) in [5, 5.41) is 7.63. The van der Waals surface area contributed by atoms with Crippen molar-refractivity contribution in [3.63, 3.8) is 0 Å². The minimum Gasteiger partial charge on any atom is -0.313 e. The first-order chi connectivity index (χ1) is 8.11. The van der Waals surface area contributed by atoms with E-state index in [2.05, 4.69) is 51.5 Å². The molecule has 3 nitrogen and oxygen atoms in total. The highest BCUT2D eigenvalue weighted by atomic mass is 79.9. The molecule has 0 saturated heterocycles. The van der Waals surface area contributed by atoms with Gasteiger partial charge in [-0.25, -0.2) is 4.68 Å². The Morgan fingerprint density at radius 3 is 2.76 bits per heavy atom. The zero-order valence-electron chi connectivity index (χ0n) is 10.2. The van der Waals surface area contributed by atoms with Crippen molar-refractivity contribution >= 4 is 15.9 Å². The van der Waals surface area contributed by atoms with E-state index in [4.69, 9.17) is 0 Å². The van der Waals surface area contributed by atoms with Crippen LogP contribution in [0.2, 0.25) is 0 Å². The van der Waals surface area contributed by atoms with Crippen LogP contribution >= 0.6 is 15.9 Å². The van der Waals surface area contributed by atoms with Crippen LogP contribution in [0, 0.1) is 6.92 Å². The fourth-order valence-corrected chi connectivity index (χ4v) is 2.13. The largest absolute Gasteiger partial charge is 0.313 e. The standard InChI is InChI=1S/C13H16BrN3/c1-9-7-16-17(8-9)13-6-11(14)4-5-12(13)10(2)15-3/h4-8,10,15H,1-3H3. The number of aromatic nitrogens is 2. The van der Waals surface area contributed by atoms with Gasteiger partial charge in [0.1, 0.15) is 0 Å². The molecule has 0 aliphatic carbocycles. The summed E-state index contributed by atoms with van der Waals surface area (Å²) < 4.78 is 2.98. The first-order valence-electron chi connectivity index (χ1n) is 5.60. The molecule has 2 aromatic rings. The number of rotatable bonds is 3. The molecule has 0 saturated carbocycles. The van der Waals surface area contributed by atoms with Crippen LogP contribution in [0.5, 0.6) is 0 Å². The van der Waals surface area contributed by atoms with Gasteiger partial charge < -0.3 is 5.32 Å². The summed E-state index contributed by atoms with van der Waals surface area (Å²) in [4.78, 5) is 0. The fraction of sp³-hybridized carbons (Fsp3) is 0.308. The average molecular weight is 294 g/mol. The first kappa shape index (κ1) is 12.3. The minimum absolute atomic E-state index is 0.294. The lowest BCUT2D eigenvalue weighted by atomic mass is 10.1. The summed E-state index contributed by atoms with van der Waals surface area (Å²) in [6.07, 6.45) is 3.91. The molecule has 0 radical (unpaired) electrons. The van der Waals surface area contributed by atoms with Crippen molar-refractivity contribution in [2.75, 3.05) is 7.05 Å². The lowest BCUT2D eigenvalue weighted by Gasteiger charge is -2.16. The monoisotopic (exact) mass is 293 g/mol. The highest BCUT2D eigenvalue weighted by molar-refractivity contribution is 9.10. The van der Waals surface area contributed by atoms with Crippen LogP contribution in [0.4, 0.5) is 0 Å². The SMILES string of the molecule is CNC(C)c1ccc(Br)cc1-n1cc(C)cn1. The Balaban J connectivity index is 2.54. The maximum atomic E-state index is 4.37. The van der Waals surface area contributed by atoms with E-state index in [-0.39, 0.29) is 0 Å². The summed E-state index contributed by atoms with van der Waals surface area (Å²) in [7, 11) is 1.96. The molecule has 4 heteroatoms. The Morgan fingerprint density at radius 1 is 1.41 bits per heavy atom. The highest BCUT2D eigenvalue weighted by Gasteiger charge is 2.11. The van der Waals surface area contributed by atoms with E-state index in [9.17, 15) is 0 Å². The molecule has 1 unspecified atom stereocenters. The van der Waals surface area contributed by atoms with Gasteiger partial charge in [-0.05, 0) is 44.2 Å². The molecule has 17 heavy (non-hydrogen) atoms. The maximum Gasteiger partial charge on any atom is 0.0704 e. The number of nitrogens with one attached hydrogen (secondary N) is 1. The molecule has 0 spiro atoms. The predicted molar refractivity (Wildman–Crippen MR) is 73.5 cm³/mol. The van der Waals surface area contributed by atoms with Crippen molar-refractivity contribution < 1.29 is 0 Å². The lowest BCUT2D eigenvalue weighted by Crippen LogP contribution is -2.15. The summed E-state index contributed by atoms with van der Waals surface area (Å²) in [6.45, 7) is 4.19. The van der Waals surface area contributed by atoms with Crippen molar-refractivity contribution in [1.29, 1.82) is 0 Å². The smallest absolute Gasteiger partial charge is 0.0704 e. The van der Waals surface area contributed by atoms with Crippen LogP contribution in [-0.4, -0.2) is 16.8 Å². The van der Waals surface area contributed by atoms with Gasteiger partial charge in [0.05, 0.1) is 11.9 Å². The van der Waals surface area contributed by atoms with Gasteiger partial charge in [0.25, 0.3) is 0 Å². The van der Waals surface area contributed by atoms with Crippen LogP contribution < -0.4 is 5.32 Å². The van der Waals surface area contributed by atoms with Crippen molar-refractivity contribution in [3.8, 4) is 5.69 Å². The Kier molecular flexibility index (Phi) is 3.64. The molecule has 0 aliphatic rings.